The largest absolute Gasteiger partial charge is 0.472 e. The number of phosphoric acid groups is 1. The van der Waals surface area contributed by atoms with Gasteiger partial charge in [0.05, 0.1) is 39.9 Å². The molecule has 3 atom stereocenters. The molecular weight excluding hydrogens is 635 g/mol. The van der Waals surface area contributed by atoms with E-state index in [4.69, 9.17) is 9.05 Å². The Labute approximate surface area is 304 Å². The summed E-state index contributed by atoms with van der Waals surface area (Å²) in [5.74, 6) is -0.144. The summed E-state index contributed by atoms with van der Waals surface area (Å²) in [7, 11) is 1.62. The molecule has 0 aliphatic carbocycles. The summed E-state index contributed by atoms with van der Waals surface area (Å²) >= 11 is 0. The van der Waals surface area contributed by atoms with E-state index in [0.717, 1.165) is 38.5 Å². The van der Waals surface area contributed by atoms with Gasteiger partial charge in [0.1, 0.15) is 13.2 Å². The molecule has 0 spiro atoms. The Kier molecular flexibility index (Phi) is 33.0. The molecule has 3 N–H and O–H groups in total. The molecule has 0 rings (SSSR count). The summed E-state index contributed by atoms with van der Waals surface area (Å²) in [5, 5.41) is 13.9. The lowest BCUT2D eigenvalue weighted by Gasteiger charge is -2.26. The number of unbranched alkanes of at least 4 members (excludes halogenated alkanes) is 25. The van der Waals surface area contributed by atoms with Crippen molar-refractivity contribution in [3.05, 3.63) is 0 Å². The van der Waals surface area contributed by atoms with Crippen molar-refractivity contribution in [3.63, 3.8) is 0 Å². The smallest absolute Gasteiger partial charge is 0.391 e. The van der Waals surface area contributed by atoms with Crippen LogP contribution in [0.1, 0.15) is 200 Å². The minimum absolute atomic E-state index is 0.0780. The predicted molar refractivity (Wildman–Crippen MR) is 208 cm³/mol. The number of nitrogens with zero attached hydrogens (tertiary/aromatic N) is 1. The molecule has 9 heteroatoms. The van der Waals surface area contributed by atoms with Gasteiger partial charge in [-0.05, 0) is 12.8 Å². The number of nitrogens with one attached hydrogen (secondary N) is 1. The third-order valence-electron chi connectivity index (χ3n) is 9.61. The van der Waals surface area contributed by atoms with Crippen LogP contribution < -0.4 is 5.32 Å². The number of aliphatic hydroxyl groups is 1. The van der Waals surface area contributed by atoms with E-state index in [1.807, 2.05) is 21.1 Å². The van der Waals surface area contributed by atoms with Crippen molar-refractivity contribution in [3.8, 4) is 0 Å². The number of amides is 1. The molecule has 0 fully saturated rings. The number of likely N-dealkylation sites (N-methyl/N-ethyl adjacent to an activating group) is 1. The van der Waals surface area contributed by atoms with Crippen LogP contribution in [0.15, 0.2) is 0 Å². The third kappa shape index (κ3) is 35.7. The van der Waals surface area contributed by atoms with Gasteiger partial charge in [-0.1, -0.05) is 181 Å². The Bertz CT molecular complexity index is 778. The van der Waals surface area contributed by atoms with Gasteiger partial charge in [-0.15, -0.1) is 0 Å². The van der Waals surface area contributed by atoms with Gasteiger partial charge in [0.15, 0.2) is 0 Å². The zero-order chi connectivity index (χ0) is 36.5. The van der Waals surface area contributed by atoms with Gasteiger partial charge in [-0.25, -0.2) is 4.57 Å². The second-order valence-corrected chi connectivity index (χ2v) is 17.2. The summed E-state index contributed by atoms with van der Waals surface area (Å²) in [6, 6.07) is -0.750. The van der Waals surface area contributed by atoms with Gasteiger partial charge in [0.2, 0.25) is 5.91 Å². The SMILES string of the molecule is CCCCCCCCCCCCCCCCCCCCC(=O)N[C@@H](COP(=O)(O)OCC[N+](C)(C)C)[C@H](O)CCCCCCCCCCC. The van der Waals surface area contributed by atoms with Crippen molar-refractivity contribution in [2.24, 2.45) is 0 Å². The van der Waals surface area contributed by atoms with Crippen LogP contribution in [0.2, 0.25) is 0 Å². The van der Waals surface area contributed by atoms with Crippen molar-refractivity contribution < 1.29 is 32.9 Å². The first-order chi connectivity index (χ1) is 23.5. The van der Waals surface area contributed by atoms with E-state index >= 15 is 0 Å². The maximum absolute atomic E-state index is 12.8. The lowest BCUT2D eigenvalue weighted by atomic mass is 10.0. The van der Waals surface area contributed by atoms with Crippen molar-refractivity contribution in [1.82, 2.24) is 5.32 Å². The van der Waals surface area contributed by atoms with Crippen LogP contribution in [0.3, 0.4) is 0 Å². The Morgan fingerprint density at radius 1 is 0.612 bits per heavy atom. The van der Waals surface area contributed by atoms with E-state index in [1.165, 1.54) is 135 Å². The number of quaternary nitrogens is 1. The maximum atomic E-state index is 12.8. The predicted octanol–water partition coefficient (Wildman–Crippen LogP) is 11.0. The van der Waals surface area contributed by atoms with E-state index in [1.54, 1.807) is 0 Å². The number of phosphoric ester groups is 1. The maximum Gasteiger partial charge on any atom is 0.472 e. The molecule has 0 heterocycles. The normalized spacial score (nSPS) is 14.5. The van der Waals surface area contributed by atoms with E-state index in [0.29, 0.717) is 23.9 Å². The van der Waals surface area contributed by atoms with Gasteiger partial charge < -0.3 is 19.8 Å². The van der Waals surface area contributed by atoms with Gasteiger partial charge in [-0.2, -0.15) is 0 Å². The molecule has 0 aromatic carbocycles. The van der Waals surface area contributed by atoms with Crippen LogP contribution in [0, 0.1) is 0 Å². The lowest BCUT2D eigenvalue weighted by molar-refractivity contribution is -0.870. The van der Waals surface area contributed by atoms with E-state index in [9.17, 15) is 19.4 Å². The average molecular weight is 720 g/mol. The van der Waals surface area contributed by atoms with Gasteiger partial charge in [0.25, 0.3) is 0 Å². The fourth-order valence-corrected chi connectivity index (χ4v) is 6.96. The van der Waals surface area contributed by atoms with Crippen LogP contribution in [-0.4, -0.2) is 73.4 Å². The van der Waals surface area contributed by atoms with Crippen LogP contribution in [-0.2, 0) is 18.4 Å². The van der Waals surface area contributed by atoms with Crippen molar-refractivity contribution in [1.29, 1.82) is 0 Å². The van der Waals surface area contributed by atoms with E-state index in [2.05, 4.69) is 19.2 Å². The molecule has 1 unspecified atom stereocenters. The first-order valence-corrected chi connectivity index (χ1v) is 22.4. The Hall–Kier alpha value is -0.500. The highest BCUT2D eigenvalue weighted by molar-refractivity contribution is 7.47. The number of carbonyl (C=O) groups excluding carboxylic acids is 1. The standard InChI is InChI=1S/C40H83N2O6P/c1-6-8-10-12-14-16-17-18-19-20-21-22-23-24-26-28-30-32-34-40(44)41-38(37-48-49(45,46)47-36-35-42(3,4)5)39(43)33-31-29-27-25-15-13-11-9-7-2/h38-39,43H,6-37H2,1-5H3,(H-,41,44,45,46)/p+1/t38-,39+/m0/s1. The number of hydrogen-bond acceptors (Lipinski definition) is 5. The molecule has 0 radical (unpaired) electrons. The third-order valence-corrected chi connectivity index (χ3v) is 10.6. The Balaban J connectivity index is 4.26. The monoisotopic (exact) mass is 720 g/mol. The van der Waals surface area contributed by atoms with Crippen LogP contribution in [0.4, 0.5) is 0 Å². The molecule has 8 nitrogen and oxygen atoms in total. The number of rotatable bonds is 38. The second kappa shape index (κ2) is 33.3. The fourth-order valence-electron chi connectivity index (χ4n) is 6.22. The summed E-state index contributed by atoms with van der Waals surface area (Å²) in [6.45, 7) is 4.87. The zero-order valence-electron chi connectivity index (χ0n) is 33.2. The van der Waals surface area contributed by atoms with E-state index in [-0.39, 0.29) is 19.1 Å². The molecule has 0 aliphatic rings. The molecule has 0 aromatic heterocycles. The molecular formula is C40H84N2O6P+. The van der Waals surface area contributed by atoms with E-state index < -0.39 is 20.0 Å². The summed E-state index contributed by atoms with van der Waals surface area (Å²) in [5.41, 5.74) is 0. The van der Waals surface area contributed by atoms with Crippen LogP contribution in [0.25, 0.3) is 0 Å². The topological polar surface area (TPSA) is 105 Å². The molecule has 0 aliphatic heterocycles. The van der Waals surface area contributed by atoms with Gasteiger partial charge in [-0.3, -0.25) is 13.8 Å². The summed E-state index contributed by atoms with van der Waals surface area (Å²) in [4.78, 5) is 23.0. The molecule has 0 aromatic rings. The molecule has 0 saturated carbocycles. The minimum Gasteiger partial charge on any atom is -0.391 e. The molecule has 0 bridgehead atoms. The number of aliphatic hydroxyl groups excluding tert-OH is 1. The van der Waals surface area contributed by atoms with Crippen molar-refractivity contribution >= 4 is 13.7 Å². The molecule has 49 heavy (non-hydrogen) atoms. The van der Waals surface area contributed by atoms with Crippen LogP contribution >= 0.6 is 7.82 Å². The minimum atomic E-state index is -4.30. The summed E-state index contributed by atoms with van der Waals surface area (Å²) in [6.07, 6.45) is 34.1. The molecule has 0 saturated heterocycles. The van der Waals surface area contributed by atoms with Gasteiger partial charge >= 0.3 is 7.82 Å². The number of hydrogen-bond donors (Lipinski definition) is 3. The highest BCUT2D eigenvalue weighted by Gasteiger charge is 2.28. The molecule has 1 amide bonds. The second-order valence-electron chi connectivity index (χ2n) is 15.7. The first-order valence-electron chi connectivity index (χ1n) is 20.9. The van der Waals surface area contributed by atoms with Crippen molar-refractivity contribution in [2.75, 3.05) is 40.9 Å². The average Bonchev–Trinajstić information content (AvgIpc) is 3.04. The Morgan fingerprint density at radius 2 is 0.980 bits per heavy atom. The highest BCUT2D eigenvalue weighted by Crippen LogP contribution is 2.43. The Morgan fingerprint density at radius 3 is 1.37 bits per heavy atom. The first kappa shape index (κ1) is 48.5. The van der Waals surface area contributed by atoms with Crippen LogP contribution in [0.5, 0.6) is 0 Å². The van der Waals surface area contributed by atoms with Gasteiger partial charge in [0, 0.05) is 6.42 Å². The summed E-state index contributed by atoms with van der Waals surface area (Å²) < 4.78 is 23.5. The number of carbonyl (C=O) groups is 1. The molecule has 294 valence electrons. The van der Waals surface area contributed by atoms with Crippen molar-refractivity contribution in [2.45, 2.75) is 212 Å². The quantitative estimate of drug-likeness (QED) is 0.0333. The lowest BCUT2D eigenvalue weighted by Crippen LogP contribution is -2.46. The zero-order valence-corrected chi connectivity index (χ0v) is 34.1. The fraction of sp³-hybridized carbons (Fsp3) is 0.975. The highest BCUT2D eigenvalue weighted by atomic mass is 31.2.